The topological polar surface area (TPSA) is 61.9 Å². The number of likely N-dealkylation sites (tertiary alicyclic amines) is 1. The minimum absolute atomic E-state index is 0.0864. The third-order valence-electron chi connectivity index (χ3n) is 3.23. The molecule has 1 aliphatic heterocycles. The SMILES string of the molecule is Cc1cnc(C2CCN(C(=O)c3cncs3)C2)[nH]1. The fraction of sp³-hybridized carbons (Fsp3) is 0.417. The van der Waals surface area contributed by atoms with E-state index in [9.17, 15) is 4.79 Å². The Hall–Kier alpha value is -1.69. The van der Waals surface area contributed by atoms with Gasteiger partial charge >= 0.3 is 0 Å². The molecule has 5 nitrogen and oxygen atoms in total. The summed E-state index contributed by atoms with van der Waals surface area (Å²) in [7, 11) is 0. The Kier molecular flexibility index (Phi) is 2.87. The normalized spacial score (nSPS) is 19.4. The Morgan fingerprint density at radius 2 is 2.44 bits per heavy atom. The number of imidazole rings is 1. The smallest absolute Gasteiger partial charge is 0.265 e. The second-order valence-corrected chi connectivity index (χ2v) is 5.44. The minimum Gasteiger partial charge on any atom is -0.346 e. The van der Waals surface area contributed by atoms with Crippen molar-refractivity contribution in [3.05, 3.63) is 34.3 Å². The van der Waals surface area contributed by atoms with E-state index in [4.69, 9.17) is 0 Å². The number of aromatic amines is 1. The zero-order valence-electron chi connectivity index (χ0n) is 10.1. The lowest BCUT2D eigenvalue weighted by Crippen LogP contribution is -2.27. The summed E-state index contributed by atoms with van der Waals surface area (Å²) in [5.41, 5.74) is 2.76. The van der Waals surface area contributed by atoms with E-state index in [2.05, 4.69) is 15.0 Å². The number of thiazole rings is 1. The molecule has 3 rings (SSSR count). The van der Waals surface area contributed by atoms with Crippen molar-refractivity contribution in [3.63, 3.8) is 0 Å². The summed E-state index contributed by atoms with van der Waals surface area (Å²) in [6, 6.07) is 0. The molecule has 2 aromatic rings. The summed E-state index contributed by atoms with van der Waals surface area (Å²) in [6.07, 6.45) is 4.44. The molecule has 6 heteroatoms. The van der Waals surface area contributed by atoms with Crippen molar-refractivity contribution in [1.29, 1.82) is 0 Å². The Balaban J connectivity index is 1.70. The van der Waals surface area contributed by atoms with Crippen molar-refractivity contribution in [1.82, 2.24) is 19.9 Å². The van der Waals surface area contributed by atoms with Crippen LogP contribution in [0.25, 0.3) is 0 Å². The number of amides is 1. The maximum Gasteiger partial charge on any atom is 0.265 e. The highest BCUT2D eigenvalue weighted by atomic mass is 32.1. The minimum atomic E-state index is 0.0864. The van der Waals surface area contributed by atoms with Gasteiger partial charge in [-0.1, -0.05) is 0 Å². The Bertz CT molecular complexity index is 548. The van der Waals surface area contributed by atoms with Gasteiger partial charge in [-0.15, -0.1) is 11.3 Å². The second kappa shape index (κ2) is 4.53. The first-order valence-electron chi connectivity index (χ1n) is 5.93. The van der Waals surface area contributed by atoms with Crippen LogP contribution in [0.1, 0.15) is 33.5 Å². The lowest BCUT2D eigenvalue weighted by molar-refractivity contribution is 0.0795. The highest BCUT2D eigenvalue weighted by Gasteiger charge is 2.29. The van der Waals surface area contributed by atoms with Crippen molar-refractivity contribution in [2.24, 2.45) is 0 Å². The number of rotatable bonds is 2. The van der Waals surface area contributed by atoms with Gasteiger partial charge in [0.2, 0.25) is 0 Å². The van der Waals surface area contributed by atoms with E-state index < -0.39 is 0 Å². The number of aryl methyl sites for hydroxylation is 1. The summed E-state index contributed by atoms with van der Waals surface area (Å²) in [4.78, 5) is 26.3. The van der Waals surface area contributed by atoms with Crippen LogP contribution in [0.4, 0.5) is 0 Å². The van der Waals surface area contributed by atoms with Crippen LogP contribution in [-0.4, -0.2) is 38.8 Å². The number of hydrogen-bond donors (Lipinski definition) is 1. The molecule has 0 bridgehead atoms. The average molecular weight is 262 g/mol. The van der Waals surface area contributed by atoms with E-state index in [1.807, 2.05) is 18.0 Å². The van der Waals surface area contributed by atoms with Gasteiger partial charge in [-0.3, -0.25) is 9.78 Å². The number of aromatic nitrogens is 3. The zero-order chi connectivity index (χ0) is 12.5. The highest BCUT2D eigenvalue weighted by Crippen LogP contribution is 2.26. The lowest BCUT2D eigenvalue weighted by Gasteiger charge is -2.14. The molecule has 0 spiro atoms. The molecule has 0 aromatic carbocycles. The summed E-state index contributed by atoms with van der Waals surface area (Å²) in [5, 5.41) is 0. The first-order valence-corrected chi connectivity index (χ1v) is 6.81. The van der Waals surface area contributed by atoms with Crippen molar-refractivity contribution in [3.8, 4) is 0 Å². The van der Waals surface area contributed by atoms with Gasteiger partial charge < -0.3 is 9.88 Å². The standard InChI is InChI=1S/C12H14N4OS/c1-8-4-14-11(15-8)9-2-3-16(6-9)12(17)10-5-13-7-18-10/h4-5,7,9H,2-3,6H2,1H3,(H,14,15). The summed E-state index contributed by atoms with van der Waals surface area (Å²) in [5.74, 6) is 1.41. The van der Waals surface area contributed by atoms with Crippen molar-refractivity contribution in [2.75, 3.05) is 13.1 Å². The molecule has 94 valence electrons. The largest absolute Gasteiger partial charge is 0.346 e. The van der Waals surface area contributed by atoms with Gasteiger partial charge in [-0.25, -0.2) is 4.98 Å². The average Bonchev–Trinajstić information content (AvgIpc) is 3.09. The summed E-state index contributed by atoms with van der Waals surface area (Å²) >= 11 is 1.39. The van der Waals surface area contributed by atoms with Crippen LogP contribution in [0.5, 0.6) is 0 Å². The Labute approximate surface area is 109 Å². The van der Waals surface area contributed by atoms with Gasteiger partial charge in [0.05, 0.1) is 11.7 Å². The number of nitrogens with zero attached hydrogens (tertiary/aromatic N) is 3. The molecule has 18 heavy (non-hydrogen) atoms. The zero-order valence-corrected chi connectivity index (χ0v) is 10.9. The van der Waals surface area contributed by atoms with Gasteiger partial charge in [-0.2, -0.15) is 0 Å². The molecule has 0 radical (unpaired) electrons. The van der Waals surface area contributed by atoms with Crippen molar-refractivity contribution in [2.45, 2.75) is 19.3 Å². The molecule has 1 amide bonds. The predicted molar refractivity (Wildman–Crippen MR) is 68.7 cm³/mol. The third-order valence-corrected chi connectivity index (χ3v) is 3.99. The third kappa shape index (κ3) is 2.03. The van der Waals surface area contributed by atoms with E-state index in [-0.39, 0.29) is 5.91 Å². The molecule has 0 aliphatic carbocycles. The molecule has 1 atom stereocenters. The molecule has 1 unspecified atom stereocenters. The van der Waals surface area contributed by atoms with E-state index >= 15 is 0 Å². The Morgan fingerprint density at radius 1 is 1.56 bits per heavy atom. The molecule has 1 saturated heterocycles. The quantitative estimate of drug-likeness (QED) is 0.897. The van der Waals surface area contributed by atoms with Crippen LogP contribution in [-0.2, 0) is 0 Å². The number of H-pyrrole nitrogens is 1. The van der Waals surface area contributed by atoms with Crippen LogP contribution < -0.4 is 0 Å². The Morgan fingerprint density at radius 3 is 3.11 bits per heavy atom. The van der Waals surface area contributed by atoms with Crippen LogP contribution in [0.15, 0.2) is 17.9 Å². The number of carbonyl (C=O) groups is 1. The van der Waals surface area contributed by atoms with Crippen LogP contribution in [0.3, 0.4) is 0 Å². The highest BCUT2D eigenvalue weighted by molar-refractivity contribution is 7.11. The van der Waals surface area contributed by atoms with Crippen molar-refractivity contribution < 1.29 is 4.79 Å². The van der Waals surface area contributed by atoms with Gasteiger partial charge in [0.1, 0.15) is 10.7 Å². The van der Waals surface area contributed by atoms with E-state index in [0.717, 1.165) is 31.0 Å². The first-order chi connectivity index (χ1) is 8.74. The van der Waals surface area contributed by atoms with Crippen LogP contribution in [0.2, 0.25) is 0 Å². The maximum absolute atomic E-state index is 12.2. The number of hydrogen-bond acceptors (Lipinski definition) is 4. The fourth-order valence-corrected chi connectivity index (χ4v) is 2.87. The molecule has 2 aromatic heterocycles. The molecule has 1 N–H and O–H groups in total. The predicted octanol–water partition coefficient (Wildman–Crippen LogP) is 1.80. The summed E-state index contributed by atoms with van der Waals surface area (Å²) in [6.45, 7) is 3.52. The maximum atomic E-state index is 12.2. The van der Waals surface area contributed by atoms with E-state index in [1.54, 1.807) is 11.7 Å². The fourth-order valence-electron chi connectivity index (χ4n) is 2.29. The molecule has 0 saturated carbocycles. The molecule has 1 aliphatic rings. The first kappa shape index (κ1) is 11.4. The number of nitrogens with one attached hydrogen (secondary N) is 1. The van der Waals surface area contributed by atoms with Crippen LogP contribution >= 0.6 is 11.3 Å². The van der Waals surface area contributed by atoms with E-state index in [0.29, 0.717) is 10.8 Å². The van der Waals surface area contributed by atoms with Gasteiger partial charge in [0.25, 0.3) is 5.91 Å². The second-order valence-electron chi connectivity index (χ2n) is 4.55. The van der Waals surface area contributed by atoms with Crippen LogP contribution in [0, 0.1) is 6.92 Å². The summed E-state index contributed by atoms with van der Waals surface area (Å²) < 4.78 is 0. The molecule has 1 fully saturated rings. The molecule has 3 heterocycles. The van der Waals surface area contributed by atoms with E-state index in [1.165, 1.54) is 11.3 Å². The molecular formula is C12H14N4OS. The molecular weight excluding hydrogens is 248 g/mol. The number of carbonyl (C=O) groups excluding carboxylic acids is 1. The van der Waals surface area contributed by atoms with Gasteiger partial charge in [0.15, 0.2) is 0 Å². The lowest BCUT2D eigenvalue weighted by atomic mass is 10.1. The monoisotopic (exact) mass is 262 g/mol. The van der Waals surface area contributed by atoms with Crippen molar-refractivity contribution >= 4 is 17.2 Å². The van der Waals surface area contributed by atoms with Gasteiger partial charge in [-0.05, 0) is 13.3 Å². The van der Waals surface area contributed by atoms with Gasteiger partial charge in [0, 0.05) is 30.9 Å².